The minimum atomic E-state index is 0.721. The van der Waals surface area contributed by atoms with E-state index >= 15 is 0 Å². The third kappa shape index (κ3) is 3.41. The number of hydrogen-bond acceptors (Lipinski definition) is 2. The molecule has 0 aliphatic heterocycles. The first kappa shape index (κ1) is 13.7. The Bertz CT molecular complexity index is 576. The van der Waals surface area contributed by atoms with Crippen LogP contribution in [-0.4, -0.2) is 10.9 Å². The molecule has 0 amide bonds. The van der Waals surface area contributed by atoms with Crippen LogP contribution in [0.4, 0.5) is 5.69 Å². The Hall–Kier alpha value is -1.32. The Morgan fingerprint density at radius 3 is 2.35 bits per heavy atom. The van der Waals surface area contributed by atoms with Crippen molar-refractivity contribution >= 4 is 21.6 Å². The largest absolute Gasteiger partial charge is 0.398 e. The molecule has 0 radical (unpaired) electrons. The molecule has 1 aliphatic rings. The molecular formula is C17H19BrN2. The second-order valence-corrected chi connectivity index (χ2v) is 6.38. The SMILES string of the molecule is Nc1ccccc1CN(Cc1ccc(Br)cc1)C1CC1. The molecule has 104 valence electrons. The summed E-state index contributed by atoms with van der Waals surface area (Å²) < 4.78 is 1.13. The molecule has 0 aromatic heterocycles. The molecule has 0 bridgehead atoms. The van der Waals surface area contributed by atoms with Crippen LogP contribution in [0.3, 0.4) is 0 Å². The van der Waals surface area contributed by atoms with Crippen molar-refractivity contribution in [2.75, 3.05) is 5.73 Å². The normalized spacial score (nSPS) is 14.7. The van der Waals surface area contributed by atoms with E-state index in [1.165, 1.54) is 24.0 Å². The fourth-order valence-corrected chi connectivity index (χ4v) is 2.74. The number of anilines is 1. The van der Waals surface area contributed by atoms with Gasteiger partial charge in [-0.15, -0.1) is 0 Å². The number of nitrogens with zero attached hydrogens (tertiary/aromatic N) is 1. The van der Waals surface area contributed by atoms with E-state index < -0.39 is 0 Å². The van der Waals surface area contributed by atoms with Crippen LogP contribution in [0, 0.1) is 0 Å². The lowest BCUT2D eigenvalue weighted by Gasteiger charge is -2.23. The van der Waals surface area contributed by atoms with Gasteiger partial charge in [-0.3, -0.25) is 4.90 Å². The van der Waals surface area contributed by atoms with E-state index in [0.717, 1.165) is 29.3 Å². The zero-order valence-corrected chi connectivity index (χ0v) is 13.0. The highest BCUT2D eigenvalue weighted by atomic mass is 79.9. The molecule has 0 saturated heterocycles. The van der Waals surface area contributed by atoms with E-state index in [1.807, 2.05) is 12.1 Å². The third-order valence-corrected chi connectivity index (χ3v) is 4.32. The maximum Gasteiger partial charge on any atom is 0.0359 e. The van der Waals surface area contributed by atoms with E-state index in [0.29, 0.717) is 0 Å². The van der Waals surface area contributed by atoms with Gasteiger partial charge in [0, 0.05) is 29.3 Å². The molecule has 2 N–H and O–H groups in total. The van der Waals surface area contributed by atoms with Gasteiger partial charge >= 0.3 is 0 Å². The minimum absolute atomic E-state index is 0.721. The van der Waals surface area contributed by atoms with Crippen LogP contribution in [0.1, 0.15) is 24.0 Å². The first-order chi connectivity index (χ1) is 9.72. The average molecular weight is 331 g/mol. The Labute approximate surface area is 128 Å². The molecule has 0 atom stereocenters. The van der Waals surface area contributed by atoms with Gasteiger partial charge in [0.2, 0.25) is 0 Å². The molecule has 0 spiro atoms. The summed E-state index contributed by atoms with van der Waals surface area (Å²) in [5.41, 5.74) is 9.56. The van der Waals surface area contributed by atoms with Crippen molar-refractivity contribution in [3.05, 3.63) is 64.1 Å². The maximum atomic E-state index is 6.07. The van der Waals surface area contributed by atoms with Crippen molar-refractivity contribution in [3.8, 4) is 0 Å². The highest BCUT2D eigenvalue weighted by Crippen LogP contribution is 2.30. The summed E-state index contributed by atoms with van der Waals surface area (Å²) in [7, 11) is 0. The van der Waals surface area contributed by atoms with Crippen LogP contribution in [0.5, 0.6) is 0 Å². The summed E-state index contributed by atoms with van der Waals surface area (Å²) in [6, 6.07) is 17.5. The van der Waals surface area contributed by atoms with Crippen molar-refractivity contribution in [2.45, 2.75) is 32.0 Å². The standard InChI is InChI=1S/C17H19BrN2/c18-15-7-5-13(6-8-15)11-20(16-9-10-16)12-14-3-1-2-4-17(14)19/h1-8,16H,9-12,19H2. The van der Waals surface area contributed by atoms with Gasteiger partial charge in [0.05, 0.1) is 0 Å². The maximum absolute atomic E-state index is 6.07. The second kappa shape index (κ2) is 5.98. The summed E-state index contributed by atoms with van der Waals surface area (Å²) in [4.78, 5) is 2.54. The van der Waals surface area contributed by atoms with Crippen molar-refractivity contribution < 1.29 is 0 Å². The first-order valence-electron chi connectivity index (χ1n) is 7.04. The third-order valence-electron chi connectivity index (χ3n) is 3.79. The van der Waals surface area contributed by atoms with Crippen molar-refractivity contribution in [3.63, 3.8) is 0 Å². The van der Waals surface area contributed by atoms with Gasteiger partial charge in [0.25, 0.3) is 0 Å². The molecule has 1 aliphatic carbocycles. The van der Waals surface area contributed by atoms with Gasteiger partial charge in [-0.25, -0.2) is 0 Å². The molecule has 20 heavy (non-hydrogen) atoms. The van der Waals surface area contributed by atoms with Gasteiger partial charge in [-0.05, 0) is 42.2 Å². The molecule has 2 aromatic carbocycles. The summed E-state index contributed by atoms with van der Waals surface area (Å²) >= 11 is 3.49. The molecule has 2 nitrogen and oxygen atoms in total. The number of rotatable bonds is 5. The van der Waals surface area contributed by atoms with E-state index in [9.17, 15) is 0 Å². The zero-order chi connectivity index (χ0) is 13.9. The molecule has 1 fully saturated rings. The Kier molecular flexibility index (Phi) is 4.08. The number of benzene rings is 2. The van der Waals surface area contributed by atoms with Gasteiger partial charge in [0.1, 0.15) is 0 Å². The van der Waals surface area contributed by atoms with Gasteiger partial charge in [-0.2, -0.15) is 0 Å². The highest BCUT2D eigenvalue weighted by molar-refractivity contribution is 9.10. The Balaban J connectivity index is 1.73. The Morgan fingerprint density at radius 1 is 1.00 bits per heavy atom. The molecule has 0 heterocycles. The highest BCUT2D eigenvalue weighted by Gasteiger charge is 2.29. The zero-order valence-electron chi connectivity index (χ0n) is 11.4. The van der Waals surface area contributed by atoms with Crippen LogP contribution in [0.2, 0.25) is 0 Å². The van der Waals surface area contributed by atoms with Crippen LogP contribution in [-0.2, 0) is 13.1 Å². The smallest absolute Gasteiger partial charge is 0.0359 e. The number of hydrogen-bond donors (Lipinski definition) is 1. The summed E-state index contributed by atoms with van der Waals surface area (Å²) in [5.74, 6) is 0. The minimum Gasteiger partial charge on any atom is -0.398 e. The summed E-state index contributed by atoms with van der Waals surface area (Å²) in [5, 5.41) is 0. The fourth-order valence-electron chi connectivity index (χ4n) is 2.48. The fraction of sp³-hybridized carbons (Fsp3) is 0.294. The average Bonchev–Trinajstić information content (AvgIpc) is 3.27. The van der Waals surface area contributed by atoms with Gasteiger partial charge in [0.15, 0.2) is 0 Å². The second-order valence-electron chi connectivity index (χ2n) is 5.46. The van der Waals surface area contributed by atoms with E-state index in [4.69, 9.17) is 5.73 Å². The van der Waals surface area contributed by atoms with Crippen LogP contribution in [0.15, 0.2) is 53.0 Å². The molecule has 2 aromatic rings. The quantitative estimate of drug-likeness (QED) is 0.832. The predicted molar refractivity (Wildman–Crippen MR) is 87.3 cm³/mol. The number of para-hydroxylation sites is 1. The Morgan fingerprint density at radius 2 is 1.70 bits per heavy atom. The number of nitrogen functional groups attached to an aromatic ring is 1. The van der Waals surface area contributed by atoms with Crippen molar-refractivity contribution in [1.29, 1.82) is 0 Å². The van der Waals surface area contributed by atoms with Crippen molar-refractivity contribution in [1.82, 2.24) is 4.90 Å². The first-order valence-corrected chi connectivity index (χ1v) is 7.83. The van der Waals surface area contributed by atoms with E-state index in [-0.39, 0.29) is 0 Å². The van der Waals surface area contributed by atoms with Crippen LogP contribution in [0.25, 0.3) is 0 Å². The van der Waals surface area contributed by atoms with Gasteiger partial charge in [-0.1, -0.05) is 46.3 Å². The monoisotopic (exact) mass is 330 g/mol. The van der Waals surface area contributed by atoms with Crippen molar-refractivity contribution in [2.24, 2.45) is 0 Å². The predicted octanol–water partition coefficient (Wildman–Crippen LogP) is 4.20. The molecule has 1 saturated carbocycles. The van der Waals surface area contributed by atoms with Crippen LogP contribution < -0.4 is 5.73 Å². The van der Waals surface area contributed by atoms with Crippen LogP contribution >= 0.6 is 15.9 Å². The molecule has 3 rings (SSSR count). The van der Waals surface area contributed by atoms with E-state index in [1.54, 1.807) is 0 Å². The summed E-state index contributed by atoms with van der Waals surface area (Å²) in [6.07, 6.45) is 2.62. The molecule has 0 unspecified atom stereocenters. The molecule has 3 heteroatoms. The lowest BCUT2D eigenvalue weighted by Crippen LogP contribution is -2.25. The lowest BCUT2D eigenvalue weighted by atomic mass is 10.1. The number of halogens is 1. The molecular weight excluding hydrogens is 312 g/mol. The van der Waals surface area contributed by atoms with Gasteiger partial charge < -0.3 is 5.73 Å². The van der Waals surface area contributed by atoms with E-state index in [2.05, 4.69) is 57.2 Å². The topological polar surface area (TPSA) is 29.3 Å². The lowest BCUT2D eigenvalue weighted by molar-refractivity contribution is 0.246. The number of nitrogens with two attached hydrogens (primary N) is 1. The summed E-state index contributed by atoms with van der Waals surface area (Å²) in [6.45, 7) is 1.93.